The molecule has 1 heterocycles. The molecule has 0 saturated carbocycles. The lowest BCUT2D eigenvalue weighted by atomic mass is 10.2. The molecule has 1 aromatic heterocycles. The Balaban J connectivity index is 2.37. The number of carbonyl (C=O) groups is 2. The van der Waals surface area contributed by atoms with Gasteiger partial charge in [-0.15, -0.1) is 0 Å². The van der Waals surface area contributed by atoms with E-state index < -0.39 is 0 Å². The Labute approximate surface area is 124 Å². The Hall–Kier alpha value is -2.39. The van der Waals surface area contributed by atoms with Crippen LogP contribution in [-0.2, 0) is 9.53 Å². The Morgan fingerprint density at radius 2 is 2.24 bits per heavy atom. The van der Waals surface area contributed by atoms with Crippen molar-refractivity contribution in [1.29, 1.82) is 0 Å². The highest BCUT2D eigenvalue weighted by atomic mass is 16.5. The monoisotopic (exact) mass is 289 g/mol. The van der Waals surface area contributed by atoms with Crippen molar-refractivity contribution >= 4 is 11.9 Å². The van der Waals surface area contributed by atoms with Gasteiger partial charge >= 0.3 is 5.97 Å². The Morgan fingerprint density at radius 1 is 1.43 bits per heavy atom. The van der Waals surface area contributed by atoms with Crippen LogP contribution in [0.5, 0.6) is 0 Å². The molecule has 6 heteroatoms. The summed E-state index contributed by atoms with van der Waals surface area (Å²) in [6.45, 7) is 2.80. The molecule has 0 aliphatic heterocycles. The number of ether oxygens (including phenoxy) is 1. The van der Waals surface area contributed by atoms with Gasteiger partial charge in [0.2, 0.25) is 0 Å². The fourth-order valence-corrected chi connectivity index (χ4v) is 1.51. The molecular formula is C15H19N3O3. The lowest BCUT2D eigenvalue weighted by molar-refractivity contribution is -0.143. The summed E-state index contributed by atoms with van der Waals surface area (Å²) in [6.07, 6.45) is 2.34. The Morgan fingerprint density at radius 3 is 2.86 bits per heavy atom. The first-order chi connectivity index (χ1) is 10.2. The molecule has 0 unspecified atom stereocenters. The van der Waals surface area contributed by atoms with Crippen LogP contribution < -0.4 is 11.1 Å². The van der Waals surface area contributed by atoms with Crippen LogP contribution in [0, 0.1) is 11.8 Å². The molecule has 0 saturated heterocycles. The predicted molar refractivity (Wildman–Crippen MR) is 78.4 cm³/mol. The van der Waals surface area contributed by atoms with Crippen molar-refractivity contribution in [3.05, 3.63) is 29.6 Å². The van der Waals surface area contributed by atoms with E-state index in [0.29, 0.717) is 30.8 Å². The van der Waals surface area contributed by atoms with Gasteiger partial charge < -0.3 is 15.8 Å². The summed E-state index contributed by atoms with van der Waals surface area (Å²) in [6, 6.07) is 3.31. The van der Waals surface area contributed by atoms with Crippen molar-refractivity contribution in [2.75, 3.05) is 19.7 Å². The third kappa shape index (κ3) is 6.54. The smallest absolute Gasteiger partial charge is 0.305 e. The largest absolute Gasteiger partial charge is 0.466 e. The van der Waals surface area contributed by atoms with Gasteiger partial charge in [0.1, 0.15) is 5.69 Å². The highest BCUT2D eigenvalue weighted by Crippen LogP contribution is 1.99. The number of nitrogens with zero attached hydrogens (tertiary/aromatic N) is 1. The second-order valence-electron chi connectivity index (χ2n) is 4.10. The third-order valence-electron chi connectivity index (χ3n) is 2.48. The first-order valence-electron chi connectivity index (χ1n) is 6.76. The molecule has 1 amide bonds. The number of rotatable bonds is 6. The minimum atomic E-state index is -0.280. The molecular weight excluding hydrogens is 270 g/mol. The predicted octanol–water partition coefficient (Wildman–Crippen LogP) is 0.465. The zero-order chi connectivity index (χ0) is 15.5. The lowest BCUT2D eigenvalue weighted by Gasteiger charge is -2.04. The summed E-state index contributed by atoms with van der Waals surface area (Å²) in [7, 11) is 0. The number of aromatic nitrogens is 1. The summed E-state index contributed by atoms with van der Waals surface area (Å²) in [5, 5.41) is 2.69. The van der Waals surface area contributed by atoms with Crippen molar-refractivity contribution < 1.29 is 14.3 Å². The molecule has 0 radical (unpaired) electrons. The maximum atomic E-state index is 11.8. The molecule has 6 nitrogen and oxygen atoms in total. The molecule has 112 valence electrons. The maximum Gasteiger partial charge on any atom is 0.305 e. The summed E-state index contributed by atoms with van der Waals surface area (Å²) in [4.78, 5) is 26.9. The van der Waals surface area contributed by atoms with E-state index in [-0.39, 0.29) is 24.8 Å². The average molecular weight is 289 g/mol. The van der Waals surface area contributed by atoms with Crippen LogP contribution >= 0.6 is 0 Å². The van der Waals surface area contributed by atoms with E-state index in [0.717, 1.165) is 0 Å². The molecule has 21 heavy (non-hydrogen) atoms. The molecule has 0 bridgehead atoms. The van der Waals surface area contributed by atoms with E-state index >= 15 is 0 Å². The first-order valence-corrected chi connectivity index (χ1v) is 6.76. The minimum absolute atomic E-state index is 0.257. The highest BCUT2D eigenvalue weighted by molar-refractivity contribution is 5.92. The van der Waals surface area contributed by atoms with Crippen molar-refractivity contribution in [2.45, 2.75) is 19.8 Å². The van der Waals surface area contributed by atoms with Crippen LogP contribution in [-0.4, -0.2) is 36.6 Å². The number of pyridine rings is 1. The van der Waals surface area contributed by atoms with E-state index in [2.05, 4.69) is 22.1 Å². The maximum absolute atomic E-state index is 11.8. The molecule has 1 rings (SSSR count). The molecule has 0 spiro atoms. The topological polar surface area (TPSA) is 94.3 Å². The van der Waals surface area contributed by atoms with Crippen LogP contribution in [0.25, 0.3) is 0 Å². The van der Waals surface area contributed by atoms with Gasteiger partial charge in [-0.2, -0.15) is 0 Å². The third-order valence-corrected chi connectivity index (χ3v) is 2.48. The van der Waals surface area contributed by atoms with E-state index in [1.165, 1.54) is 6.20 Å². The minimum Gasteiger partial charge on any atom is -0.466 e. The fourth-order valence-electron chi connectivity index (χ4n) is 1.51. The first kappa shape index (κ1) is 16.7. The van der Waals surface area contributed by atoms with Gasteiger partial charge in [0, 0.05) is 24.7 Å². The van der Waals surface area contributed by atoms with E-state index in [9.17, 15) is 9.59 Å². The highest BCUT2D eigenvalue weighted by Gasteiger charge is 2.07. The van der Waals surface area contributed by atoms with Crippen molar-refractivity contribution in [1.82, 2.24) is 10.3 Å². The number of nitrogens with two attached hydrogens (primary N) is 1. The number of hydrogen-bond acceptors (Lipinski definition) is 5. The number of nitrogens with one attached hydrogen (secondary N) is 1. The lowest BCUT2D eigenvalue weighted by Crippen LogP contribution is -2.25. The van der Waals surface area contributed by atoms with Crippen molar-refractivity contribution in [3.8, 4) is 11.8 Å². The molecule has 3 N–H and O–H groups in total. The van der Waals surface area contributed by atoms with Gasteiger partial charge in [-0.05, 0) is 25.5 Å². The standard InChI is InChI=1S/C15H19N3O3/c1-2-21-14(19)6-4-10-17-15(20)13-8-7-12(11-18-13)5-3-9-16/h7-8,11H,2,4,6,9-10,16H2,1H3,(H,17,20). The van der Waals surface area contributed by atoms with Gasteiger partial charge in [0.05, 0.1) is 13.2 Å². The zero-order valence-corrected chi connectivity index (χ0v) is 12.0. The molecule has 0 atom stereocenters. The van der Waals surface area contributed by atoms with Crippen molar-refractivity contribution in [3.63, 3.8) is 0 Å². The average Bonchev–Trinajstić information content (AvgIpc) is 2.50. The number of carbonyl (C=O) groups excluding carboxylic acids is 2. The Kier molecular flexibility index (Phi) is 7.54. The number of amides is 1. The SMILES string of the molecule is CCOC(=O)CCCNC(=O)c1ccc(C#CCN)cn1. The van der Waals surface area contributed by atoms with Crippen LogP contribution in [0.4, 0.5) is 0 Å². The van der Waals surface area contributed by atoms with Crippen molar-refractivity contribution in [2.24, 2.45) is 5.73 Å². The Bertz CT molecular complexity index is 529. The second-order valence-corrected chi connectivity index (χ2v) is 4.10. The van der Waals surface area contributed by atoms with Gasteiger partial charge in [0.15, 0.2) is 0 Å². The van der Waals surface area contributed by atoms with Crippen LogP contribution in [0.2, 0.25) is 0 Å². The molecule has 0 fully saturated rings. The summed E-state index contributed by atoms with van der Waals surface area (Å²) in [5.41, 5.74) is 6.29. The summed E-state index contributed by atoms with van der Waals surface area (Å²) in [5.74, 6) is 5.00. The van der Waals surface area contributed by atoms with E-state index in [4.69, 9.17) is 10.5 Å². The van der Waals surface area contributed by atoms with Crippen LogP contribution in [0.15, 0.2) is 18.3 Å². The zero-order valence-electron chi connectivity index (χ0n) is 12.0. The normalized spacial score (nSPS) is 9.43. The summed E-state index contributed by atoms with van der Waals surface area (Å²) < 4.78 is 4.79. The summed E-state index contributed by atoms with van der Waals surface area (Å²) >= 11 is 0. The molecule has 1 aromatic rings. The van der Waals surface area contributed by atoms with Gasteiger partial charge in [-0.3, -0.25) is 9.59 Å². The molecule has 0 aliphatic rings. The van der Waals surface area contributed by atoms with Gasteiger partial charge in [0.25, 0.3) is 5.91 Å². The molecule has 0 aromatic carbocycles. The van der Waals surface area contributed by atoms with Crippen LogP contribution in [0.3, 0.4) is 0 Å². The number of esters is 1. The van der Waals surface area contributed by atoms with Crippen LogP contribution in [0.1, 0.15) is 35.8 Å². The van der Waals surface area contributed by atoms with Gasteiger partial charge in [-0.25, -0.2) is 4.98 Å². The molecule has 0 aliphatic carbocycles. The quantitative estimate of drug-likeness (QED) is 0.451. The number of hydrogen-bond donors (Lipinski definition) is 2. The van der Waals surface area contributed by atoms with Gasteiger partial charge in [-0.1, -0.05) is 11.8 Å². The second kappa shape index (κ2) is 9.50. The fraction of sp³-hybridized carbons (Fsp3) is 0.400. The van der Waals surface area contributed by atoms with E-state index in [1.54, 1.807) is 19.1 Å². The van der Waals surface area contributed by atoms with E-state index in [1.807, 2.05) is 0 Å².